The Morgan fingerprint density at radius 3 is 2.27 bits per heavy atom. The minimum absolute atomic E-state index is 0.347. The molecule has 0 unspecified atom stereocenters. The molecule has 3 heteroatoms. The fourth-order valence-electron chi connectivity index (χ4n) is 1.76. The highest BCUT2D eigenvalue weighted by atomic mass is 19.3. The maximum atomic E-state index is 13.3. The smallest absolute Gasteiger partial charge is 0.284 e. The molecule has 1 aliphatic rings. The van der Waals surface area contributed by atoms with E-state index >= 15 is 0 Å². The van der Waals surface area contributed by atoms with Gasteiger partial charge in [-0.3, -0.25) is 0 Å². The Balaban J connectivity index is 0.000000531. The largest absolute Gasteiger partial charge is 0.379 e. The molecule has 0 saturated heterocycles. The molecule has 0 fully saturated rings. The topological polar surface area (TPSA) is 20.2 Å². The first-order valence-corrected chi connectivity index (χ1v) is 5.14. The summed E-state index contributed by atoms with van der Waals surface area (Å²) in [5, 5.41) is 9.62. The summed E-state index contributed by atoms with van der Waals surface area (Å²) in [6, 6.07) is 6.55. The van der Waals surface area contributed by atoms with Gasteiger partial charge in [0.25, 0.3) is 5.92 Å². The van der Waals surface area contributed by atoms with Crippen molar-refractivity contribution in [2.24, 2.45) is 0 Å². The summed E-state index contributed by atoms with van der Waals surface area (Å²) >= 11 is 0. The first-order valence-electron chi connectivity index (χ1n) is 5.14. The number of halogens is 2. The molecule has 0 bridgehead atoms. The molecule has 1 atom stereocenters. The molecule has 0 amide bonds. The van der Waals surface area contributed by atoms with E-state index in [1.54, 1.807) is 24.3 Å². The highest BCUT2D eigenvalue weighted by Gasteiger charge is 2.55. The normalized spacial score (nSPS) is 26.5. The first-order chi connectivity index (χ1) is 6.95. The van der Waals surface area contributed by atoms with Gasteiger partial charge in [-0.05, 0) is 18.1 Å². The summed E-state index contributed by atoms with van der Waals surface area (Å²) in [4.78, 5) is 0. The maximum Gasteiger partial charge on any atom is 0.284 e. The summed E-state index contributed by atoms with van der Waals surface area (Å²) < 4.78 is 26.5. The number of aliphatic hydroxyl groups is 1. The minimum Gasteiger partial charge on any atom is -0.379 e. The SMILES string of the molecule is CC.C[C@]1(O)c2ccccc2CC1(F)F. The Morgan fingerprint density at radius 2 is 1.73 bits per heavy atom. The van der Waals surface area contributed by atoms with Gasteiger partial charge in [-0.2, -0.15) is 0 Å². The second-order valence-electron chi connectivity index (χ2n) is 3.61. The molecule has 1 N–H and O–H groups in total. The third-order valence-electron chi connectivity index (χ3n) is 2.67. The van der Waals surface area contributed by atoms with Crippen molar-refractivity contribution < 1.29 is 13.9 Å². The van der Waals surface area contributed by atoms with Crippen LogP contribution in [0.1, 0.15) is 31.9 Å². The van der Waals surface area contributed by atoms with Gasteiger partial charge in [-0.25, -0.2) is 8.78 Å². The lowest BCUT2D eigenvalue weighted by Crippen LogP contribution is -2.38. The molecule has 0 spiro atoms. The first kappa shape index (κ1) is 12.1. The van der Waals surface area contributed by atoms with Crippen molar-refractivity contribution in [3.05, 3.63) is 35.4 Å². The molecule has 1 aromatic rings. The van der Waals surface area contributed by atoms with Gasteiger partial charge in [0.05, 0.1) is 0 Å². The van der Waals surface area contributed by atoms with Gasteiger partial charge in [-0.1, -0.05) is 38.1 Å². The van der Waals surface area contributed by atoms with Crippen LogP contribution in [0.2, 0.25) is 0 Å². The van der Waals surface area contributed by atoms with E-state index in [0.29, 0.717) is 11.1 Å². The van der Waals surface area contributed by atoms with Gasteiger partial charge < -0.3 is 5.11 Å². The predicted octanol–water partition coefficient (Wildman–Crippen LogP) is 3.11. The molecule has 0 radical (unpaired) electrons. The number of benzene rings is 1. The van der Waals surface area contributed by atoms with Gasteiger partial charge in [0.15, 0.2) is 5.60 Å². The van der Waals surface area contributed by atoms with Crippen LogP contribution in [0.3, 0.4) is 0 Å². The van der Waals surface area contributed by atoms with E-state index in [4.69, 9.17) is 0 Å². The van der Waals surface area contributed by atoms with Crippen LogP contribution in [0.5, 0.6) is 0 Å². The molecule has 0 aromatic heterocycles. The van der Waals surface area contributed by atoms with Crippen LogP contribution in [0, 0.1) is 0 Å². The Kier molecular flexibility index (Phi) is 3.14. The molecular formula is C12H16F2O. The summed E-state index contributed by atoms with van der Waals surface area (Å²) in [7, 11) is 0. The lowest BCUT2D eigenvalue weighted by molar-refractivity contribution is -0.163. The number of hydrogen-bond donors (Lipinski definition) is 1. The summed E-state index contributed by atoms with van der Waals surface area (Å²) in [6.07, 6.45) is -0.365. The average molecular weight is 214 g/mol. The highest BCUT2D eigenvalue weighted by Crippen LogP contribution is 2.47. The molecule has 1 aromatic carbocycles. The van der Waals surface area contributed by atoms with E-state index in [0.717, 1.165) is 0 Å². The van der Waals surface area contributed by atoms with Crippen LogP contribution < -0.4 is 0 Å². The number of fused-ring (bicyclic) bond motifs is 1. The minimum atomic E-state index is -3.04. The van der Waals surface area contributed by atoms with Crippen molar-refractivity contribution in [3.8, 4) is 0 Å². The van der Waals surface area contributed by atoms with Crippen LogP contribution in [0.4, 0.5) is 8.78 Å². The van der Waals surface area contributed by atoms with Gasteiger partial charge in [0, 0.05) is 6.42 Å². The van der Waals surface area contributed by atoms with Gasteiger partial charge in [0.1, 0.15) is 0 Å². The lowest BCUT2D eigenvalue weighted by Gasteiger charge is -2.25. The van der Waals surface area contributed by atoms with Crippen LogP contribution in [0.25, 0.3) is 0 Å². The zero-order valence-electron chi connectivity index (χ0n) is 9.22. The lowest BCUT2D eigenvalue weighted by atomic mass is 9.96. The van der Waals surface area contributed by atoms with Gasteiger partial charge in [0.2, 0.25) is 0 Å². The van der Waals surface area contributed by atoms with Gasteiger partial charge in [-0.15, -0.1) is 0 Å². The predicted molar refractivity (Wildman–Crippen MR) is 56.0 cm³/mol. The molecule has 2 rings (SSSR count). The van der Waals surface area contributed by atoms with Crippen molar-refractivity contribution in [2.45, 2.75) is 38.7 Å². The van der Waals surface area contributed by atoms with Crippen molar-refractivity contribution in [3.63, 3.8) is 0 Å². The quantitative estimate of drug-likeness (QED) is 0.703. The van der Waals surface area contributed by atoms with Crippen LogP contribution in [0.15, 0.2) is 24.3 Å². The second-order valence-corrected chi connectivity index (χ2v) is 3.61. The fraction of sp³-hybridized carbons (Fsp3) is 0.500. The molecular weight excluding hydrogens is 198 g/mol. The van der Waals surface area contributed by atoms with Crippen LogP contribution in [-0.4, -0.2) is 11.0 Å². The summed E-state index contributed by atoms with van der Waals surface area (Å²) in [6.45, 7) is 5.17. The van der Waals surface area contributed by atoms with Crippen molar-refractivity contribution in [2.75, 3.05) is 0 Å². The zero-order chi connectivity index (χ0) is 11.7. The highest BCUT2D eigenvalue weighted by molar-refractivity contribution is 5.40. The molecule has 0 aliphatic heterocycles. The van der Waals surface area contributed by atoms with Crippen molar-refractivity contribution in [1.29, 1.82) is 0 Å². The summed E-state index contributed by atoms with van der Waals surface area (Å²) in [5.74, 6) is -3.04. The van der Waals surface area contributed by atoms with E-state index in [1.807, 2.05) is 13.8 Å². The molecule has 0 saturated carbocycles. The monoisotopic (exact) mass is 214 g/mol. The zero-order valence-corrected chi connectivity index (χ0v) is 9.22. The Labute approximate surface area is 88.7 Å². The van der Waals surface area contributed by atoms with E-state index in [9.17, 15) is 13.9 Å². The molecule has 84 valence electrons. The number of rotatable bonds is 0. The second kappa shape index (κ2) is 3.89. The Hall–Kier alpha value is -0.960. The van der Waals surface area contributed by atoms with E-state index in [1.165, 1.54) is 6.92 Å². The number of alkyl halides is 2. The third kappa shape index (κ3) is 1.76. The third-order valence-corrected chi connectivity index (χ3v) is 2.67. The van der Waals surface area contributed by atoms with E-state index in [-0.39, 0.29) is 6.42 Å². The molecule has 0 heterocycles. The standard InChI is InChI=1S/C10H10F2O.C2H6/c1-9(13)8-5-3-2-4-7(8)6-10(9,11)12;1-2/h2-5,13H,6H2,1H3;1-2H3/t9-;/m0./s1. The van der Waals surface area contributed by atoms with E-state index < -0.39 is 11.5 Å². The maximum absolute atomic E-state index is 13.3. The Morgan fingerprint density at radius 1 is 1.20 bits per heavy atom. The van der Waals surface area contributed by atoms with E-state index in [2.05, 4.69) is 0 Å². The summed E-state index contributed by atoms with van der Waals surface area (Å²) in [5.41, 5.74) is -1.12. The van der Waals surface area contributed by atoms with Crippen LogP contribution in [-0.2, 0) is 12.0 Å². The number of hydrogen-bond acceptors (Lipinski definition) is 1. The van der Waals surface area contributed by atoms with Crippen molar-refractivity contribution >= 4 is 0 Å². The molecule has 1 aliphatic carbocycles. The molecule has 1 nitrogen and oxygen atoms in total. The van der Waals surface area contributed by atoms with Gasteiger partial charge >= 0.3 is 0 Å². The molecule has 15 heavy (non-hydrogen) atoms. The average Bonchev–Trinajstić information content (AvgIpc) is 2.37. The Bertz CT molecular complexity index is 345. The van der Waals surface area contributed by atoms with Crippen molar-refractivity contribution in [1.82, 2.24) is 0 Å². The fourth-order valence-corrected chi connectivity index (χ4v) is 1.76. The van der Waals surface area contributed by atoms with Crippen LogP contribution >= 0.6 is 0 Å².